The number of ether oxygens (including phenoxy) is 1. The molecular weight excluding hydrogens is 316 g/mol. The fraction of sp³-hybridized carbons (Fsp3) is 0.667. The minimum absolute atomic E-state index is 0.0788. The van der Waals surface area contributed by atoms with E-state index < -0.39 is 5.97 Å². The monoisotopic (exact) mass is 352 g/mol. The number of hydrogen-bond acceptors (Lipinski definition) is 3. The third kappa shape index (κ3) is 17.1. The van der Waals surface area contributed by atoms with Crippen molar-refractivity contribution in [3.8, 4) is 5.75 Å². The van der Waals surface area contributed by atoms with Crippen LogP contribution < -0.4 is 4.74 Å². The van der Waals surface area contributed by atoms with Gasteiger partial charge in [-0.1, -0.05) is 76.8 Å². The molecule has 0 radical (unpaired) electrons. The van der Waals surface area contributed by atoms with Gasteiger partial charge in [0, 0.05) is 6.92 Å². The minimum atomic E-state index is -0.833. The molecule has 1 rings (SSSR count). The lowest BCUT2D eigenvalue weighted by Crippen LogP contribution is -1.98. The van der Waals surface area contributed by atoms with Crippen molar-refractivity contribution >= 4 is 5.97 Å². The first kappa shape index (κ1) is 23.4. The van der Waals surface area contributed by atoms with Gasteiger partial charge in [-0.25, -0.2) is 0 Å². The zero-order valence-corrected chi connectivity index (χ0v) is 16.0. The smallest absolute Gasteiger partial charge is 0.300 e. The van der Waals surface area contributed by atoms with Crippen molar-refractivity contribution in [1.82, 2.24) is 0 Å². The number of aliphatic hydroxyl groups is 1. The second-order valence-corrected chi connectivity index (χ2v) is 6.35. The van der Waals surface area contributed by atoms with Crippen molar-refractivity contribution in [3.63, 3.8) is 0 Å². The minimum Gasteiger partial charge on any atom is -0.494 e. The summed E-state index contributed by atoms with van der Waals surface area (Å²) in [5, 5.41) is 16.5. The molecule has 0 aromatic heterocycles. The van der Waals surface area contributed by atoms with Gasteiger partial charge in [-0.2, -0.15) is 0 Å². The van der Waals surface area contributed by atoms with Crippen LogP contribution in [0.5, 0.6) is 5.75 Å². The molecule has 0 saturated carbocycles. The van der Waals surface area contributed by atoms with Gasteiger partial charge >= 0.3 is 0 Å². The number of rotatable bonds is 13. The molecule has 0 unspecified atom stereocenters. The van der Waals surface area contributed by atoms with E-state index in [2.05, 4.69) is 6.92 Å². The standard InChI is InChI=1S/C19H32O2.C2H4O2/c1-2-3-4-5-6-7-8-9-10-11-15-21-19-14-12-13-18(16-19)17-20;1-2(3)4/h12-14,16,20H,2-11,15,17H2,1H3;1H3,(H,3,4). The van der Waals surface area contributed by atoms with Gasteiger partial charge in [0.05, 0.1) is 13.2 Å². The summed E-state index contributed by atoms with van der Waals surface area (Å²) in [5.41, 5.74) is 0.913. The zero-order chi connectivity index (χ0) is 18.8. The Hall–Kier alpha value is -1.55. The Kier molecular flexibility index (Phi) is 16.2. The maximum atomic E-state index is 9.07. The number of carboxylic acids is 1. The van der Waals surface area contributed by atoms with Crippen molar-refractivity contribution in [2.45, 2.75) is 84.7 Å². The fourth-order valence-corrected chi connectivity index (χ4v) is 2.51. The number of hydrogen-bond donors (Lipinski definition) is 2. The zero-order valence-electron chi connectivity index (χ0n) is 16.0. The summed E-state index contributed by atoms with van der Waals surface area (Å²) in [7, 11) is 0. The van der Waals surface area contributed by atoms with Crippen LogP contribution in [0.1, 0.15) is 83.6 Å². The van der Waals surface area contributed by atoms with Crippen LogP contribution >= 0.6 is 0 Å². The highest BCUT2D eigenvalue weighted by Gasteiger charge is 1.97. The Morgan fingerprint density at radius 3 is 2.00 bits per heavy atom. The summed E-state index contributed by atoms with van der Waals surface area (Å²) in [4.78, 5) is 9.00. The average Bonchev–Trinajstić information content (AvgIpc) is 2.59. The lowest BCUT2D eigenvalue weighted by molar-refractivity contribution is -0.134. The van der Waals surface area contributed by atoms with Gasteiger partial charge in [-0.3, -0.25) is 4.79 Å². The van der Waals surface area contributed by atoms with Crippen LogP contribution in [0.25, 0.3) is 0 Å². The number of benzene rings is 1. The van der Waals surface area contributed by atoms with Crippen LogP contribution in [0.2, 0.25) is 0 Å². The summed E-state index contributed by atoms with van der Waals surface area (Å²) in [6.07, 6.45) is 13.4. The Balaban J connectivity index is 0.00000129. The molecule has 1 aromatic carbocycles. The Morgan fingerprint density at radius 2 is 1.48 bits per heavy atom. The van der Waals surface area contributed by atoms with Crippen molar-refractivity contribution in [2.24, 2.45) is 0 Å². The van der Waals surface area contributed by atoms with E-state index in [9.17, 15) is 0 Å². The van der Waals surface area contributed by atoms with Crippen LogP contribution in [-0.4, -0.2) is 22.8 Å². The highest BCUT2D eigenvalue weighted by atomic mass is 16.5. The summed E-state index contributed by atoms with van der Waals surface area (Å²) in [5.74, 6) is 0.0393. The van der Waals surface area contributed by atoms with Gasteiger partial charge in [-0.15, -0.1) is 0 Å². The van der Waals surface area contributed by atoms with Crippen LogP contribution in [0.3, 0.4) is 0 Å². The molecular formula is C21H36O4. The second-order valence-electron chi connectivity index (χ2n) is 6.35. The molecule has 2 N–H and O–H groups in total. The summed E-state index contributed by atoms with van der Waals surface area (Å²) in [6.45, 7) is 4.21. The van der Waals surface area contributed by atoms with E-state index >= 15 is 0 Å². The predicted octanol–water partition coefficient (Wildman–Crippen LogP) is 5.57. The second kappa shape index (κ2) is 17.3. The quantitative estimate of drug-likeness (QED) is 0.455. The van der Waals surface area contributed by atoms with Gasteiger partial charge in [0.15, 0.2) is 0 Å². The van der Waals surface area contributed by atoms with E-state index in [-0.39, 0.29) is 6.61 Å². The highest BCUT2D eigenvalue weighted by molar-refractivity contribution is 5.62. The predicted molar refractivity (Wildman–Crippen MR) is 103 cm³/mol. The van der Waals surface area contributed by atoms with Gasteiger partial charge in [-0.05, 0) is 24.1 Å². The van der Waals surface area contributed by atoms with Gasteiger partial charge in [0.25, 0.3) is 5.97 Å². The van der Waals surface area contributed by atoms with Crippen molar-refractivity contribution in [3.05, 3.63) is 29.8 Å². The van der Waals surface area contributed by atoms with E-state index in [0.29, 0.717) is 0 Å². The summed E-state index contributed by atoms with van der Waals surface area (Å²) in [6, 6.07) is 7.71. The number of unbranched alkanes of at least 4 members (excludes halogenated alkanes) is 9. The van der Waals surface area contributed by atoms with E-state index in [1.807, 2.05) is 24.3 Å². The van der Waals surface area contributed by atoms with Crippen molar-refractivity contribution < 1.29 is 19.7 Å². The topological polar surface area (TPSA) is 66.8 Å². The molecule has 144 valence electrons. The molecule has 0 bridgehead atoms. The van der Waals surface area contributed by atoms with E-state index in [1.165, 1.54) is 57.8 Å². The number of aliphatic hydroxyl groups excluding tert-OH is 1. The first-order valence-electron chi connectivity index (χ1n) is 9.62. The summed E-state index contributed by atoms with van der Waals surface area (Å²) >= 11 is 0. The van der Waals surface area contributed by atoms with Gasteiger partial charge < -0.3 is 14.9 Å². The molecule has 0 heterocycles. The molecule has 0 saturated heterocycles. The number of aliphatic carboxylic acids is 1. The molecule has 4 heteroatoms. The van der Waals surface area contributed by atoms with Crippen molar-refractivity contribution in [1.29, 1.82) is 0 Å². The summed E-state index contributed by atoms with van der Waals surface area (Å²) < 4.78 is 5.71. The SMILES string of the molecule is CC(=O)O.CCCCCCCCCCCCOc1cccc(CO)c1. The molecule has 0 spiro atoms. The van der Waals surface area contributed by atoms with Gasteiger partial charge in [0.1, 0.15) is 5.75 Å². The van der Waals surface area contributed by atoms with Crippen LogP contribution in [0, 0.1) is 0 Å². The Labute approximate surface area is 153 Å². The van der Waals surface area contributed by atoms with E-state index in [0.717, 1.165) is 31.3 Å². The van der Waals surface area contributed by atoms with Crippen LogP contribution in [0.4, 0.5) is 0 Å². The Bertz CT molecular complexity index is 428. The molecule has 25 heavy (non-hydrogen) atoms. The van der Waals surface area contributed by atoms with E-state index in [4.69, 9.17) is 19.7 Å². The lowest BCUT2D eigenvalue weighted by atomic mass is 10.1. The Morgan fingerprint density at radius 1 is 0.960 bits per heavy atom. The molecule has 0 amide bonds. The maximum Gasteiger partial charge on any atom is 0.300 e. The van der Waals surface area contributed by atoms with Crippen LogP contribution in [-0.2, 0) is 11.4 Å². The van der Waals surface area contributed by atoms with E-state index in [1.54, 1.807) is 0 Å². The van der Waals surface area contributed by atoms with Gasteiger partial charge in [0.2, 0.25) is 0 Å². The van der Waals surface area contributed by atoms with Crippen LogP contribution in [0.15, 0.2) is 24.3 Å². The molecule has 4 nitrogen and oxygen atoms in total. The molecule has 0 aliphatic carbocycles. The molecule has 0 aliphatic rings. The normalized spacial score (nSPS) is 10.0. The molecule has 1 aromatic rings. The lowest BCUT2D eigenvalue weighted by Gasteiger charge is -2.07. The van der Waals surface area contributed by atoms with Crippen molar-refractivity contribution in [2.75, 3.05) is 6.61 Å². The molecule has 0 aliphatic heterocycles. The maximum absolute atomic E-state index is 9.07. The molecule has 0 atom stereocenters. The third-order valence-corrected chi connectivity index (χ3v) is 3.85. The first-order chi connectivity index (χ1) is 12.1. The first-order valence-corrected chi connectivity index (χ1v) is 9.62. The largest absolute Gasteiger partial charge is 0.494 e. The number of carbonyl (C=O) groups is 1. The fourth-order valence-electron chi connectivity index (χ4n) is 2.51. The third-order valence-electron chi connectivity index (χ3n) is 3.85. The molecule has 0 fully saturated rings. The average molecular weight is 353 g/mol. The highest BCUT2D eigenvalue weighted by Crippen LogP contribution is 2.14. The number of carboxylic acid groups (broad SMARTS) is 1.